The molecule has 1 spiro atoms. The van der Waals surface area contributed by atoms with Crippen LogP contribution in [0.15, 0.2) is 24.3 Å². The van der Waals surface area contributed by atoms with Gasteiger partial charge in [0.05, 0.1) is 6.61 Å². The highest BCUT2D eigenvalue weighted by atomic mass is 16.5. The molecule has 1 aromatic rings. The van der Waals surface area contributed by atoms with Crippen molar-refractivity contribution in [1.82, 2.24) is 10.2 Å². The molecule has 3 rings (SSSR count). The molecule has 164 valence electrons. The van der Waals surface area contributed by atoms with Gasteiger partial charge in [0.15, 0.2) is 0 Å². The first-order valence-electron chi connectivity index (χ1n) is 10.9. The fourth-order valence-electron chi connectivity index (χ4n) is 4.48. The van der Waals surface area contributed by atoms with Gasteiger partial charge in [-0.15, -0.1) is 0 Å². The SMILES string of the molecule is CCOc1ccc(NC(=O)CN2C(=O)NC3(CCC(C(C)(C)CC)CC3)C2=O)cc1. The van der Waals surface area contributed by atoms with E-state index in [2.05, 4.69) is 31.4 Å². The van der Waals surface area contributed by atoms with Crippen molar-refractivity contribution in [3.63, 3.8) is 0 Å². The maximum atomic E-state index is 13.1. The van der Waals surface area contributed by atoms with Crippen LogP contribution < -0.4 is 15.4 Å². The van der Waals surface area contributed by atoms with Crippen LogP contribution in [0.2, 0.25) is 0 Å². The molecule has 30 heavy (non-hydrogen) atoms. The predicted molar refractivity (Wildman–Crippen MR) is 115 cm³/mol. The van der Waals surface area contributed by atoms with Crippen molar-refractivity contribution >= 4 is 23.5 Å². The lowest BCUT2D eigenvalue weighted by Gasteiger charge is -2.42. The number of benzene rings is 1. The molecule has 2 fully saturated rings. The van der Waals surface area contributed by atoms with Crippen molar-refractivity contribution in [3.05, 3.63) is 24.3 Å². The molecule has 0 bridgehead atoms. The quantitative estimate of drug-likeness (QED) is 0.660. The van der Waals surface area contributed by atoms with Crippen LogP contribution in [-0.2, 0) is 9.59 Å². The van der Waals surface area contributed by atoms with E-state index >= 15 is 0 Å². The summed E-state index contributed by atoms with van der Waals surface area (Å²) in [6, 6.07) is 6.51. The summed E-state index contributed by atoms with van der Waals surface area (Å²) in [4.78, 5) is 39.1. The minimum atomic E-state index is -0.850. The lowest BCUT2D eigenvalue weighted by atomic mass is 9.65. The van der Waals surface area contributed by atoms with E-state index in [1.165, 1.54) is 0 Å². The second-order valence-corrected chi connectivity index (χ2v) is 9.03. The summed E-state index contributed by atoms with van der Waals surface area (Å²) in [5, 5.41) is 5.63. The zero-order chi connectivity index (χ0) is 21.9. The van der Waals surface area contributed by atoms with Gasteiger partial charge in [-0.3, -0.25) is 14.5 Å². The van der Waals surface area contributed by atoms with E-state index in [0.717, 1.165) is 24.2 Å². The summed E-state index contributed by atoms with van der Waals surface area (Å²) < 4.78 is 5.38. The molecular formula is C23H33N3O4. The molecule has 1 aliphatic carbocycles. The highest BCUT2D eigenvalue weighted by Crippen LogP contribution is 2.45. The molecule has 1 heterocycles. The largest absolute Gasteiger partial charge is 0.494 e. The van der Waals surface area contributed by atoms with Gasteiger partial charge in [-0.1, -0.05) is 27.2 Å². The third-order valence-electron chi connectivity index (χ3n) is 6.85. The number of nitrogens with zero attached hydrogens (tertiary/aromatic N) is 1. The number of ether oxygens (including phenoxy) is 1. The van der Waals surface area contributed by atoms with Crippen LogP contribution in [0.4, 0.5) is 10.5 Å². The van der Waals surface area contributed by atoms with Crippen LogP contribution in [0.3, 0.4) is 0 Å². The number of urea groups is 1. The highest BCUT2D eigenvalue weighted by Gasteiger charge is 2.53. The maximum absolute atomic E-state index is 13.1. The minimum absolute atomic E-state index is 0.227. The van der Waals surface area contributed by atoms with Gasteiger partial charge in [-0.2, -0.15) is 0 Å². The molecule has 2 N–H and O–H groups in total. The maximum Gasteiger partial charge on any atom is 0.325 e. The van der Waals surface area contributed by atoms with E-state index in [1.54, 1.807) is 24.3 Å². The Morgan fingerprint density at radius 2 is 1.83 bits per heavy atom. The third-order valence-corrected chi connectivity index (χ3v) is 6.85. The number of carbonyl (C=O) groups is 3. The Morgan fingerprint density at radius 3 is 2.40 bits per heavy atom. The van der Waals surface area contributed by atoms with Crippen molar-refractivity contribution in [1.29, 1.82) is 0 Å². The summed E-state index contributed by atoms with van der Waals surface area (Å²) in [7, 11) is 0. The average Bonchev–Trinajstić information content (AvgIpc) is 2.94. The molecule has 7 heteroatoms. The molecule has 0 radical (unpaired) electrons. The first-order valence-corrected chi connectivity index (χ1v) is 10.9. The molecule has 7 nitrogen and oxygen atoms in total. The molecule has 1 aromatic carbocycles. The Kier molecular flexibility index (Phi) is 6.38. The Labute approximate surface area is 178 Å². The molecule has 4 amide bonds. The molecule has 0 unspecified atom stereocenters. The zero-order valence-corrected chi connectivity index (χ0v) is 18.4. The van der Waals surface area contributed by atoms with Gasteiger partial charge in [0.1, 0.15) is 17.8 Å². The first-order chi connectivity index (χ1) is 14.2. The molecule has 1 saturated heterocycles. The topological polar surface area (TPSA) is 87.7 Å². The van der Waals surface area contributed by atoms with Crippen LogP contribution in [0.5, 0.6) is 5.75 Å². The number of carbonyl (C=O) groups excluding carboxylic acids is 3. The van der Waals surface area contributed by atoms with E-state index < -0.39 is 17.5 Å². The van der Waals surface area contributed by atoms with Gasteiger partial charge >= 0.3 is 6.03 Å². The van der Waals surface area contributed by atoms with Crippen molar-refractivity contribution < 1.29 is 19.1 Å². The van der Waals surface area contributed by atoms with Gasteiger partial charge in [-0.05, 0) is 68.2 Å². The van der Waals surface area contributed by atoms with Crippen molar-refractivity contribution in [2.24, 2.45) is 11.3 Å². The predicted octanol–water partition coefficient (Wildman–Crippen LogP) is 3.94. The van der Waals surface area contributed by atoms with E-state index in [4.69, 9.17) is 4.74 Å². The molecular weight excluding hydrogens is 382 g/mol. The van der Waals surface area contributed by atoms with E-state index in [9.17, 15) is 14.4 Å². The monoisotopic (exact) mass is 415 g/mol. The molecule has 1 saturated carbocycles. The van der Waals surface area contributed by atoms with Crippen LogP contribution in [0.1, 0.15) is 59.8 Å². The van der Waals surface area contributed by atoms with E-state index in [-0.39, 0.29) is 17.9 Å². The summed E-state index contributed by atoms with van der Waals surface area (Å²) in [5.41, 5.74) is -0.0333. The highest BCUT2D eigenvalue weighted by molar-refractivity contribution is 6.10. The smallest absolute Gasteiger partial charge is 0.325 e. The number of anilines is 1. The van der Waals surface area contributed by atoms with Crippen LogP contribution in [-0.4, -0.2) is 41.4 Å². The normalized spacial score (nSPS) is 24.1. The Morgan fingerprint density at radius 1 is 1.20 bits per heavy atom. The summed E-state index contributed by atoms with van der Waals surface area (Å²) in [6.45, 7) is 8.90. The van der Waals surface area contributed by atoms with Gasteiger partial charge < -0.3 is 15.4 Å². The fraction of sp³-hybridized carbons (Fsp3) is 0.609. The number of nitrogens with one attached hydrogen (secondary N) is 2. The summed E-state index contributed by atoms with van der Waals surface area (Å²) in [5.74, 6) is 0.575. The molecule has 1 aliphatic heterocycles. The number of amides is 4. The van der Waals surface area contributed by atoms with E-state index in [1.807, 2.05) is 6.92 Å². The number of imide groups is 1. The molecule has 0 aromatic heterocycles. The Hall–Kier alpha value is -2.57. The third kappa shape index (κ3) is 4.45. The molecule has 0 atom stereocenters. The van der Waals surface area contributed by atoms with Crippen molar-refractivity contribution in [2.45, 2.75) is 65.3 Å². The number of rotatable bonds is 7. The number of hydrogen-bond donors (Lipinski definition) is 2. The minimum Gasteiger partial charge on any atom is -0.494 e. The zero-order valence-electron chi connectivity index (χ0n) is 18.4. The lowest BCUT2D eigenvalue weighted by molar-refractivity contribution is -0.135. The van der Waals surface area contributed by atoms with Crippen molar-refractivity contribution in [3.8, 4) is 5.75 Å². The first kappa shape index (κ1) is 22.1. The van der Waals surface area contributed by atoms with Gasteiger partial charge in [-0.25, -0.2) is 4.79 Å². The fourth-order valence-corrected chi connectivity index (χ4v) is 4.48. The van der Waals surface area contributed by atoms with Crippen molar-refractivity contribution in [2.75, 3.05) is 18.5 Å². The van der Waals surface area contributed by atoms with Crippen LogP contribution in [0, 0.1) is 11.3 Å². The second-order valence-electron chi connectivity index (χ2n) is 9.03. The Balaban J connectivity index is 1.59. The van der Waals surface area contributed by atoms with Gasteiger partial charge in [0.2, 0.25) is 5.91 Å². The van der Waals surface area contributed by atoms with Gasteiger partial charge in [0.25, 0.3) is 5.91 Å². The van der Waals surface area contributed by atoms with Crippen LogP contribution in [0.25, 0.3) is 0 Å². The summed E-state index contributed by atoms with van der Waals surface area (Å²) >= 11 is 0. The van der Waals surface area contributed by atoms with Gasteiger partial charge in [0, 0.05) is 5.69 Å². The average molecular weight is 416 g/mol. The lowest BCUT2D eigenvalue weighted by Crippen LogP contribution is -2.51. The van der Waals surface area contributed by atoms with Crippen LogP contribution >= 0.6 is 0 Å². The second kappa shape index (κ2) is 8.66. The summed E-state index contributed by atoms with van der Waals surface area (Å²) in [6.07, 6.45) is 4.15. The number of hydrogen-bond acceptors (Lipinski definition) is 4. The molecule has 2 aliphatic rings. The van der Waals surface area contributed by atoms with E-state index in [0.29, 0.717) is 36.8 Å². The standard InChI is InChI=1S/C23H33N3O4/c1-5-22(3,4)16-11-13-23(14-12-16)20(28)26(21(29)25-23)15-19(27)24-17-7-9-18(10-8-17)30-6-2/h7-10,16H,5-6,11-15H2,1-4H3,(H,24,27)(H,25,29). The Bertz CT molecular complexity index is 795.